The smallest absolute Gasteiger partial charge is 0.317 e. The van der Waals surface area contributed by atoms with Crippen LogP contribution in [0.25, 0.3) is 21.8 Å². The number of urea groups is 1. The summed E-state index contributed by atoms with van der Waals surface area (Å²) in [7, 11) is 1.60. The van der Waals surface area contributed by atoms with Crippen molar-refractivity contribution in [3.05, 3.63) is 48.5 Å². The molecule has 0 aliphatic heterocycles. The summed E-state index contributed by atoms with van der Waals surface area (Å²) in [5.41, 5.74) is 2.27. The zero-order valence-corrected chi connectivity index (χ0v) is 14.1. The highest BCUT2D eigenvalue weighted by atomic mass is 16.4. The molecule has 0 spiro atoms. The molecule has 0 bridgehead atoms. The number of carboxylic acid groups (broad SMARTS) is 1. The summed E-state index contributed by atoms with van der Waals surface area (Å²) in [5, 5.41) is 13.9. The Morgan fingerprint density at radius 1 is 1.04 bits per heavy atom. The number of aromatic nitrogens is 1. The molecular weight excluding hydrogens is 318 g/mol. The van der Waals surface area contributed by atoms with E-state index in [0.717, 1.165) is 11.0 Å². The summed E-state index contributed by atoms with van der Waals surface area (Å²) < 4.78 is 2.20. The van der Waals surface area contributed by atoms with Gasteiger partial charge in [0.05, 0.1) is 6.42 Å². The normalized spacial score (nSPS) is 10.9. The molecule has 1 aromatic heterocycles. The number of carbonyl (C=O) groups is 2. The van der Waals surface area contributed by atoms with E-state index >= 15 is 0 Å². The molecule has 3 aromatic rings. The number of amides is 2. The number of hydrogen-bond acceptors (Lipinski definition) is 2. The maximum atomic E-state index is 12.0. The van der Waals surface area contributed by atoms with Crippen molar-refractivity contribution in [2.45, 2.75) is 13.0 Å². The fourth-order valence-corrected chi connectivity index (χ4v) is 3.02. The third-order valence-corrected chi connectivity index (χ3v) is 4.30. The van der Waals surface area contributed by atoms with Gasteiger partial charge in [0, 0.05) is 48.5 Å². The predicted molar refractivity (Wildman–Crippen MR) is 97.7 cm³/mol. The summed E-state index contributed by atoms with van der Waals surface area (Å²) in [6, 6.07) is 16.2. The van der Waals surface area contributed by atoms with Crippen LogP contribution in [0.4, 0.5) is 4.79 Å². The first-order chi connectivity index (χ1) is 12.1. The lowest BCUT2D eigenvalue weighted by molar-refractivity contribution is -0.137. The Bertz CT molecular complexity index is 863. The van der Waals surface area contributed by atoms with Crippen molar-refractivity contribution in [2.24, 2.45) is 0 Å². The van der Waals surface area contributed by atoms with Gasteiger partial charge in [-0.25, -0.2) is 4.79 Å². The summed E-state index contributed by atoms with van der Waals surface area (Å²) in [4.78, 5) is 24.0. The molecule has 3 rings (SSSR count). The second kappa shape index (κ2) is 7.25. The van der Waals surface area contributed by atoms with Gasteiger partial charge < -0.3 is 19.9 Å². The van der Waals surface area contributed by atoms with Gasteiger partial charge in [-0.1, -0.05) is 36.4 Å². The number of para-hydroxylation sites is 2. The van der Waals surface area contributed by atoms with Crippen molar-refractivity contribution in [2.75, 3.05) is 20.1 Å². The minimum atomic E-state index is -0.912. The zero-order valence-electron chi connectivity index (χ0n) is 14.1. The van der Waals surface area contributed by atoms with Crippen LogP contribution in [0.15, 0.2) is 48.5 Å². The fourth-order valence-electron chi connectivity index (χ4n) is 3.02. The predicted octanol–water partition coefficient (Wildman–Crippen LogP) is 2.91. The summed E-state index contributed by atoms with van der Waals surface area (Å²) in [6.45, 7) is 1.31. The van der Waals surface area contributed by atoms with Crippen LogP contribution in [0.3, 0.4) is 0 Å². The van der Waals surface area contributed by atoms with Gasteiger partial charge in [0.15, 0.2) is 0 Å². The molecule has 2 amide bonds. The molecular formula is C19H21N3O3. The van der Waals surface area contributed by atoms with Gasteiger partial charge in [-0.15, -0.1) is 0 Å². The highest BCUT2D eigenvalue weighted by Gasteiger charge is 2.12. The summed E-state index contributed by atoms with van der Waals surface area (Å²) >= 11 is 0. The molecule has 130 valence electrons. The molecule has 6 nitrogen and oxygen atoms in total. The van der Waals surface area contributed by atoms with Crippen molar-refractivity contribution in [3.63, 3.8) is 0 Å². The van der Waals surface area contributed by atoms with E-state index in [1.165, 1.54) is 15.7 Å². The minimum Gasteiger partial charge on any atom is -0.481 e. The van der Waals surface area contributed by atoms with E-state index in [9.17, 15) is 9.59 Å². The molecule has 0 aliphatic carbocycles. The third-order valence-electron chi connectivity index (χ3n) is 4.30. The van der Waals surface area contributed by atoms with E-state index < -0.39 is 5.97 Å². The van der Waals surface area contributed by atoms with Crippen LogP contribution >= 0.6 is 0 Å². The number of carbonyl (C=O) groups excluding carboxylic acids is 1. The maximum Gasteiger partial charge on any atom is 0.317 e. The van der Waals surface area contributed by atoms with Gasteiger partial charge in [0.2, 0.25) is 0 Å². The summed E-state index contributed by atoms with van der Waals surface area (Å²) in [5.74, 6) is -0.912. The van der Waals surface area contributed by atoms with Gasteiger partial charge in [-0.05, 0) is 12.1 Å². The zero-order chi connectivity index (χ0) is 17.8. The molecule has 2 aromatic carbocycles. The lowest BCUT2D eigenvalue weighted by atomic mass is 10.2. The van der Waals surface area contributed by atoms with E-state index in [1.54, 1.807) is 7.05 Å². The number of nitrogens with zero attached hydrogens (tertiary/aromatic N) is 2. The molecule has 2 N–H and O–H groups in total. The van der Waals surface area contributed by atoms with Crippen LogP contribution in [0.1, 0.15) is 6.42 Å². The van der Waals surface area contributed by atoms with E-state index in [2.05, 4.69) is 34.1 Å². The largest absolute Gasteiger partial charge is 0.481 e. The Balaban J connectivity index is 1.71. The molecule has 0 atom stereocenters. The van der Waals surface area contributed by atoms with Crippen molar-refractivity contribution >= 4 is 33.8 Å². The van der Waals surface area contributed by atoms with Crippen molar-refractivity contribution < 1.29 is 14.7 Å². The first-order valence-corrected chi connectivity index (χ1v) is 8.24. The molecule has 0 saturated heterocycles. The van der Waals surface area contributed by atoms with Gasteiger partial charge in [0.1, 0.15) is 0 Å². The van der Waals surface area contributed by atoms with Crippen molar-refractivity contribution in [1.29, 1.82) is 0 Å². The molecule has 0 unspecified atom stereocenters. The number of benzene rings is 2. The molecule has 6 heteroatoms. The van der Waals surface area contributed by atoms with Crippen molar-refractivity contribution in [3.8, 4) is 0 Å². The minimum absolute atomic E-state index is 0.0587. The average molecular weight is 339 g/mol. The highest BCUT2D eigenvalue weighted by molar-refractivity contribution is 6.07. The van der Waals surface area contributed by atoms with Gasteiger partial charge in [-0.3, -0.25) is 4.79 Å². The second-order valence-electron chi connectivity index (χ2n) is 5.98. The average Bonchev–Trinajstić information content (AvgIpc) is 2.94. The Hall–Kier alpha value is -3.02. The van der Waals surface area contributed by atoms with E-state index in [-0.39, 0.29) is 19.0 Å². The number of nitrogens with one attached hydrogen (secondary N) is 1. The summed E-state index contributed by atoms with van der Waals surface area (Å²) in [6.07, 6.45) is -0.0587. The van der Waals surface area contributed by atoms with E-state index in [0.29, 0.717) is 13.1 Å². The van der Waals surface area contributed by atoms with E-state index in [1.807, 2.05) is 24.3 Å². The second-order valence-corrected chi connectivity index (χ2v) is 5.98. The van der Waals surface area contributed by atoms with Crippen molar-refractivity contribution in [1.82, 2.24) is 14.8 Å². The standard InChI is InChI=1S/C19H21N3O3/c1-21(12-10-18(23)24)19(25)20-11-13-22-16-8-4-2-6-14(16)15-7-3-5-9-17(15)22/h2-9H,10-13H2,1H3,(H,20,25)(H,23,24). The van der Waals surface area contributed by atoms with Crippen LogP contribution in [0, 0.1) is 0 Å². The Labute approximate surface area is 145 Å². The van der Waals surface area contributed by atoms with Crippen LogP contribution < -0.4 is 5.32 Å². The number of aliphatic carboxylic acids is 1. The van der Waals surface area contributed by atoms with Crippen LogP contribution in [0.2, 0.25) is 0 Å². The Morgan fingerprint density at radius 2 is 1.60 bits per heavy atom. The van der Waals surface area contributed by atoms with Crippen LogP contribution in [0.5, 0.6) is 0 Å². The lowest BCUT2D eigenvalue weighted by Crippen LogP contribution is -2.39. The first kappa shape index (κ1) is 16.8. The lowest BCUT2D eigenvalue weighted by Gasteiger charge is -2.17. The highest BCUT2D eigenvalue weighted by Crippen LogP contribution is 2.28. The first-order valence-electron chi connectivity index (χ1n) is 8.24. The number of hydrogen-bond donors (Lipinski definition) is 2. The maximum absolute atomic E-state index is 12.0. The molecule has 0 fully saturated rings. The SMILES string of the molecule is CN(CCC(=O)O)C(=O)NCCn1c2ccccc2c2ccccc21. The monoisotopic (exact) mass is 339 g/mol. The number of fused-ring (bicyclic) bond motifs is 3. The third kappa shape index (κ3) is 3.57. The molecule has 0 aliphatic rings. The van der Waals surface area contributed by atoms with E-state index in [4.69, 9.17) is 5.11 Å². The topological polar surface area (TPSA) is 74.6 Å². The molecule has 1 heterocycles. The Kier molecular flexibility index (Phi) is 4.88. The molecule has 0 radical (unpaired) electrons. The fraction of sp³-hybridized carbons (Fsp3) is 0.263. The van der Waals surface area contributed by atoms with Crippen LogP contribution in [-0.2, 0) is 11.3 Å². The van der Waals surface area contributed by atoms with Gasteiger partial charge in [0.25, 0.3) is 0 Å². The number of rotatable bonds is 6. The number of carboxylic acids is 1. The quantitative estimate of drug-likeness (QED) is 0.725. The molecule has 25 heavy (non-hydrogen) atoms. The molecule has 0 saturated carbocycles. The van der Waals surface area contributed by atoms with Gasteiger partial charge in [-0.2, -0.15) is 0 Å². The van der Waals surface area contributed by atoms with Gasteiger partial charge >= 0.3 is 12.0 Å². The Morgan fingerprint density at radius 3 is 2.16 bits per heavy atom. The van der Waals surface area contributed by atoms with Crippen LogP contribution in [-0.4, -0.2) is 46.7 Å².